The highest BCUT2D eigenvalue weighted by atomic mass is 16.5. The number of ether oxygens (including phenoxy) is 2. The molecule has 0 aliphatic carbocycles. The number of anilines is 3. The Bertz CT molecular complexity index is 2900. The Morgan fingerprint density at radius 3 is 2.05 bits per heavy atom. The number of aliphatic imine (C=N–C) groups is 1. The molecule has 0 radical (unpaired) electrons. The number of rotatable bonds is 17. The number of carbonyl (C=O) groups excluding carboxylic acids is 4. The minimum Gasteiger partial charge on any atom is -0.494 e. The third kappa shape index (κ3) is 10.1. The van der Waals surface area contributed by atoms with Crippen LogP contribution in [0.2, 0.25) is 0 Å². The van der Waals surface area contributed by atoms with Crippen LogP contribution in [0.5, 0.6) is 11.5 Å². The zero-order valence-electron chi connectivity index (χ0n) is 35.3. The summed E-state index contributed by atoms with van der Waals surface area (Å²) in [6.07, 6.45) is 8.20. The summed E-state index contributed by atoms with van der Waals surface area (Å²) in [6, 6.07) is 7.65. The van der Waals surface area contributed by atoms with Crippen molar-refractivity contribution in [3.8, 4) is 23.3 Å². The van der Waals surface area contributed by atoms with Crippen molar-refractivity contribution in [3.05, 3.63) is 89.2 Å². The molecule has 6 aromatic rings. The molecule has 4 amide bonds. The second kappa shape index (κ2) is 19.3. The average molecular weight is 858 g/mol. The largest absolute Gasteiger partial charge is 0.494 e. The number of benzene rings is 2. The second-order valence-corrected chi connectivity index (χ2v) is 13.9. The fourth-order valence-electron chi connectivity index (χ4n) is 6.55. The number of allylic oxidation sites excluding steroid dienone is 3. The van der Waals surface area contributed by atoms with Crippen molar-refractivity contribution in [1.29, 1.82) is 0 Å². The number of nitrogens with one attached hydrogen (secondary N) is 2. The summed E-state index contributed by atoms with van der Waals surface area (Å²) in [6.45, 7) is 8.22. The zero-order chi connectivity index (χ0) is 45.4. The topological polar surface area (TPSA) is 299 Å². The fraction of sp³-hybridized carbons (Fsp3) is 0.262. The van der Waals surface area contributed by atoms with Crippen molar-refractivity contribution in [1.82, 2.24) is 38.7 Å². The number of fused-ring (bicyclic) bond motifs is 2. The molecule has 4 heterocycles. The van der Waals surface area contributed by atoms with Crippen LogP contribution in [0.25, 0.3) is 22.1 Å². The molecule has 0 saturated carbocycles. The van der Waals surface area contributed by atoms with Crippen molar-refractivity contribution in [2.24, 2.45) is 22.2 Å². The first-order chi connectivity index (χ1) is 30.2. The van der Waals surface area contributed by atoms with Crippen LogP contribution in [0.3, 0.4) is 0 Å². The molecule has 10 N–H and O–H groups in total. The predicted molar refractivity (Wildman–Crippen MR) is 237 cm³/mol. The molecule has 0 bridgehead atoms. The number of primary amides is 2. The van der Waals surface area contributed by atoms with Gasteiger partial charge in [-0.1, -0.05) is 24.0 Å². The first-order valence-electron chi connectivity index (χ1n) is 19.6. The minimum atomic E-state index is -0.729. The highest BCUT2D eigenvalue weighted by molar-refractivity contribution is 6.47. The number of aromatic nitrogens is 8. The van der Waals surface area contributed by atoms with Crippen LogP contribution in [0.15, 0.2) is 71.6 Å². The molecule has 0 saturated heterocycles. The van der Waals surface area contributed by atoms with E-state index in [1.165, 1.54) is 43.6 Å². The van der Waals surface area contributed by atoms with E-state index in [1.807, 2.05) is 6.92 Å². The molecule has 2 aromatic carbocycles. The number of nitrogen functional groups attached to an aromatic ring is 1. The Kier molecular flexibility index (Phi) is 13.5. The molecule has 21 heteroatoms. The molecule has 0 aliphatic rings. The highest BCUT2D eigenvalue weighted by Gasteiger charge is 2.23. The number of aryl methyl sites for hydroxylation is 2. The summed E-state index contributed by atoms with van der Waals surface area (Å²) in [5, 5.41) is 14.2. The number of imidazole rings is 2. The summed E-state index contributed by atoms with van der Waals surface area (Å²) in [5.74, 6) is 4.18. The van der Waals surface area contributed by atoms with E-state index in [4.69, 9.17) is 32.4 Å². The molecule has 0 unspecified atom stereocenters. The van der Waals surface area contributed by atoms with Crippen molar-refractivity contribution in [3.63, 3.8) is 0 Å². The number of nitrogens with two attached hydrogens (primary N) is 4. The maximum absolute atomic E-state index is 13.7. The molecule has 326 valence electrons. The number of carbonyl (C=O) groups is 4. The molecule has 0 spiro atoms. The summed E-state index contributed by atoms with van der Waals surface area (Å²) >= 11 is 0. The molecule has 6 rings (SSSR count). The molecule has 0 atom stereocenters. The van der Waals surface area contributed by atoms with Crippen molar-refractivity contribution in [2.45, 2.75) is 53.9 Å². The van der Waals surface area contributed by atoms with E-state index < -0.39 is 23.6 Å². The Morgan fingerprint density at radius 2 is 1.49 bits per heavy atom. The van der Waals surface area contributed by atoms with Gasteiger partial charge in [0.1, 0.15) is 47.1 Å². The van der Waals surface area contributed by atoms with Crippen LogP contribution in [-0.4, -0.2) is 88.3 Å². The smallest absolute Gasteiger partial charge is 0.276 e. The van der Waals surface area contributed by atoms with E-state index in [0.717, 1.165) is 0 Å². The van der Waals surface area contributed by atoms with Crippen LogP contribution < -0.4 is 43.0 Å². The van der Waals surface area contributed by atoms with Crippen LogP contribution in [-0.2, 0) is 31.0 Å². The van der Waals surface area contributed by atoms with E-state index in [0.29, 0.717) is 52.4 Å². The fourth-order valence-corrected chi connectivity index (χ4v) is 6.55. The van der Waals surface area contributed by atoms with Gasteiger partial charge < -0.3 is 41.5 Å². The maximum Gasteiger partial charge on any atom is 0.276 e. The van der Waals surface area contributed by atoms with Gasteiger partial charge in [0.25, 0.3) is 11.8 Å². The zero-order valence-corrected chi connectivity index (χ0v) is 35.3. The lowest BCUT2D eigenvalue weighted by atomic mass is 10.1. The van der Waals surface area contributed by atoms with E-state index in [1.54, 1.807) is 63.7 Å². The van der Waals surface area contributed by atoms with Crippen molar-refractivity contribution < 1.29 is 28.7 Å². The molecule has 4 aromatic heterocycles. The number of methoxy groups -OCH3 is 1. The minimum absolute atomic E-state index is 0.0716. The highest BCUT2D eigenvalue weighted by Crippen LogP contribution is 2.33. The van der Waals surface area contributed by atoms with Gasteiger partial charge in [-0.3, -0.25) is 44.2 Å². The molecule has 0 fully saturated rings. The van der Waals surface area contributed by atoms with Crippen molar-refractivity contribution in [2.75, 3.05) is 36.6 Å². The first kappa shape index (κ1) is 44.2. The lowest BCUT2D eigenvalue weighted by Crippen LogP contribution is -2.24. The van der Waals surface area contributed by atoms with E-state index in [-0.39, 0.29) is 72.0 Å². The Morgan fingerprint density at radius 1 is 0.873 bits per heavy atom. The van der Waals surface area contributed by atoms with E-state index in [9.17, 15) is 19.2 Å². The third-order valence-corrected chi connectivity index (χ3v) is 9.27. The number of hydrogen-bond acceptors (Lipinski definition) is 13. The number of hydrogen-bond donors (Lipinski definition) is 6. The Balaban J connectivity index is 1.40. The Hall–Kier alpha value is -8.41. The first-order valence-corrected chi connectivity index (χ1v) is 19.6. The van der Waals surface area contributed by atoms with Crippen LogP contribution >= 0.6 is 0 Å². The Labute approximate surface area is 360 Å². The van der Waals surface area contributed by atoms with Gasteiger partial charge in [-0.25, -0.2) is 9.97 Å². The van der Waals surface area contributed by atoms with E-state index in [2.05, 4.69) is 47.6 Å². The predicted octanol–water partition coefficient (Wildman–Crippen LogP) is 2.75. The lowest BCUT2D eigenvalue weighted by Gasteiger charge is -2.12. The van der Waals surface area contributed by atoms with Gasteiger partial charge in [0.15, 0.2) is 0 Å². The van der Waals surface area contributed by atoms with Gasteiger partial charge in [-0.15, -0.1) is 0 Å². The summed E-state index contributed by atoms with van der Waals surface area (Å²) in [7, 11) is 1.44. The molecular formula is C42H47N15O6. The van der Waals surface area contributed by atoms with Crippen LogP contribution in [0.4, 0.5) is 17.6 Å². The van der Waals surface area contributed by atoms with Gasteiger partial charge in [0.05, 0.1) is 35.7 Å². The van der Waals surface area contributed by atoms with Crippen molar-refractivity contribution >= 4 is 69.0 Å². The summed E-state index contributed by atoms with van der Waals surface area (Å²) < 4.78 is 18.3. The maximum atomic E-state index is 13.7. The standard InChI is InChI=1S/C42H47N15O6/c1-6-47-31(16-24(3)43)39(60)51-41-50-30-19-27(38(46)59)21-34(63-15-11-10-12-54-23-28(44)22-48-54)36(30)56(41)14-9-8-13-55-35-29(18-26(37(45)58)20-33(35)62-5)49-42(55)52-40(61)32-17-25(4)53-57(32)7-2/h8-9,16-23H,6-7,12-15,43-44H2,1-5H3,(H2,45,58)(H2,46,59)(H,49,52,61)(H,50,51,60)/b9-8+,24-16-,47-31?. The van der Waals surface area contributed by atoms with Gasteiger partial charge in [-0.2, -0.15) is 10.2 Å². The van der Waals surface area contributed by atoms with E-state index >= 15 is 0 Å². The molecule has 63 heavy (non-hydrogen) atoms. The normalized spacial score (nSPS) is 11.8. The second-order valence-electron chi connectivity index (χ2n) is 13.9. The summed E-state index contributed by atoms with van der Waals surface area (Å²) in [5.41, 5.74) is 26.7. The molecule has 21 nitrogen and oxygen atoms in total. The quantitative estimate of drug-likeness (QED) is 0.0439. The van der Waals surface area contributed by atoms with Gasteiger partial charge in [0.2, 0.25) is 23.7 Å². The third-order valence-electron chi connectivity index (χ3n) is 9.27. The number of amides is 4. The lowest BCUT2D eigenvalue weighted by molar-refractivity contribution is -0.110. The van der Waals surface area contributed by atoms with Gasteiger partial charge in [-0.05, 0) is 64.1 Å². The monoisotopic (exact) mass is 857 g/mol. The summed E-state index contributed by atoms with van der Waals surface area (Å²) in [4.78, 5) is 65.7. The number of nitrogens with zero attached hydrogens (tertiary/aromatic N) is 9. The average Bonchev–Trinajstić information content (AvgIpc) is 4.02. The van der Waals surface area contributed by atoms with Gasteiger partial charge in [0, 0.05) is 49.2 Å². The molecule has 0 aliphatic heterocycles. The van der Waals surface area contributed by atoms with Crippen LogP contribution in [0.1, 0.15) is 57.7 Å². The SMILES string of the molecule is CCN=C(/C=C(/C)N)C(=O)Nc1nc2cc(C(N)=O)cc(OCC#CCn3cc(N)cn3)c2n1C/C=C/Cn1c(NC(=O)c2cc(C)nn2CC)nc2cc(C(N)=O)cc(OC)c21. The van der Waals surface area contributed by atoms with Crippen LogP contribution in [0, 0.1) is 18.8 Å². The molecular weight excluding hydrogens is 811 g/mol. The van der Waals surface area contributed by atoms with Gasteiger partial charge >= 0.3 is 0 Å².